The third-order valence-electron chi connectivity index (χ3n) is 6.08. The summed E-state index contributed by atoms with van der Waals surface area (Å²) in [7, 11) is 1.65. The number of amides is 2. The number of nitrogens with one attached hydrogen (secondary N) is 3. The van der Waals surface area contributed by atoms with Crippen LogP contribution in [0.2, 0.25) is 0 Å². The topological polar surface area (TPSA) is 100 Å². The second kappa shape index (κ2) is 9.56. The van der Waals surface area contributed by atoms with Gasteiger partial charge in [0.2, 0.25) is 5.91 Å². The number of hydrogen-bond donors (Lipinski definition) is 3. The highest BCUT2D eigenvalue weighted by Crippen LogP contribution is 2.31. The number of rotatable bonds is 6. The van der Waals surface area contributed by atoms with E-state index < -0.39 is 5.82 Å². The van der Waals surface area contributed by atoms with Crippen molar-refractivity contribution >= 4 is 23.0 Å². The van der Waals surface area contributed by atoms with Gasteiger partial charge in [-0.3, -0.25) is 14.6 Å². The van der Waals surface area contributed by atoms with Crippen LogP contribution in [-0.4, -0.2) is 45.5 Å². The van der Waals surface area contributed by atoms with Gasteiger partial charge in [-0.1, -0.05) is 0 Å². The lowest BCUT2D eigenvalue weighted by Gasteiger charge is -2.28. The van der Waals surface area contributed by atoms with E-state index >= 15 is 0 Å². The number of nitrogens with zero attached hydrogens (tertiary/aromatic N) is 3. The fourth-order valence-electron chi connectivity index (χ4n) is 4.39. The Balaban J connectivity index is 1.61. The first-order valence-electron chi connectivity index (χ1n) is 11.3. The molecule has 3 aromatic heterocycles. The molecular weight excluding hydrogens is 423 g/mol. The van der Waals surface area contributed by atoms with Crippen molar-refractivity contribution in [1.29, 1.82) is 0 Å². The summed E-state index contributed by atoms with van der Waals surface area (Å²) in [4.78, 5) is 28.9. The predicted molar refractivity (Wildman–Crippen MR) is 124 cm³/mol. The molecular formula is C24H29FN6O2. The summed E-state index contributed by atoms with van der Waals surface area (Å²) in [6.07, 6.45) is 9.00. The van der Waals surface area contributed by atoms with Gasteiger partial charge in [0.25, 0.3) is 5.91 Å². The van der Waals surface area contributed by atoms with E-state index in [4.69, 9.17) is 0 Å². The van der Waals surface area contributed by atoms with Gasteiger partial charge in [0.15, 0.2) is 0 Å². The van der Waals surface area contributed by atoms with Gasteiger partial charge >= 0.3 is 0 Å². The van der Waals surface area contributed by atoms with E-state index in [1.165, 1.54) is 12.4 Å². The fraction of sp³-hybridized carbons (Fsp3) is 0.417. The molecule has 1 saturated carbocycles. The van der Waals surface area contributed by atoms with Gasteiger partial charge in [-0.05, 0) is 51.7 Å². The molecule has 3 heterocycles. The number of halogens is 1. The zero-order chi connectivity index (χ0) is 23.5. The smallest absolute Gasteiger partial charge is 0.255 e. The molecule has 1 aliphatic carbocycles. The first-order valence-corrected chi connectivity index (χ1v) is 11.3. The van der Waals surface area contributed by atoms with Crippen LogP contribution in [0, 0.1) is 11.7 Å². The second-order valence-corrected chi connectivity index (χ2v) is 8.78. The highest BCUT2D eigenvalue weighted by Gasteiger charge is 2.28. The molecule has 1 aliphatic rings. The quantitative estimate of drug-likeness (QED) is 0.532. The molecule has 4 rings (SSSR count). The van der Waals surface area contributed by atoms with Crippen LogP contribution < -0.4 is 16.0 Å². The minimum absolute atomic E-state index is 0.00654. The summed E-state index contributed by atoms with van der Waals surface area (Å²) in [6, 6.07) is 3.51. The molecule has 0 aromatic carbocycles. The molecule has 0 bridgehead atoms. The average Bonchev–Trinajstić information content (AvgIpc) is 3.24. The number of pyridine rings is 1. The molecule has 0 radical (unpaired) electrons. The van der Waals surface area contributed by atoms with E-state index in [0.717, 1.165) is 25.7 Å². The molecule has 3 N–H and O–H groups in total. The van der Waals surface area contributed by atoms with Crippen LogP contribution in [0.25, 0.3) is 16.6 Å². The zero-order valence-electron chi connectivity index (χ0n) is 19.1. The van der Waals surface area contributed by atoms with E-state index in [1.54, 1.807) is 30.0 Å². The summed E-state index contributed by atoms with van der Waals surface area (Å²) in [5, 5.41) is 13.6. The summed E-state index contributed by atoms with van der Waals surface area (Å²) < 4.78 is 15.9. The molecule has 2 amide bonds. The molecule has 33 heavy (non-hydrogen) atoms. The molecule has 0 atom stereocenters. The Morgan fingerprint density at radius 1 is 1.18 bits per heavy atom. The third-order valence-corrected chi connectivity index (χ3v) is 6.08. The van der Waals surface area contributed by atoms with E-state index in [1.807, 2.05) is 19.9 Å². The van der Waals surface area contributed by atoms with Gasteiger partial charge in [0.05, 0.1) is 29.2 Å². The van der Waals surface area contributed by atoms with Crippen molar-refractivity contribution in [1.82, 2.24) is 25.2 Å². The molecule has 8 nitrogen and oxygen atoms in total. The molecule has 174 valence electrons. The van der Waals surface area contributed by atoms with Crippen molar-refractivity contribution in [3.63, 3.8) is 0 Å². The summed E-state index contributed by atoms with van der Waals surface area (Å²) in [5.41, 5.74) is 2.84. The SMILES string of the molecule is CNC(=O)[C@H]1CC[C@H](NC(=O)c2cnn3cc(-c4ccncc4F)cc3c2NC(C)C)CC1. The Bertz CT molecular complexity index is 1170. The predicted octanol–water partition coefficient (Wildman–Crippen LogP) is 3.39. The van der Waals surface area contributed by atoms with Crippen molar-refractivity contribution in [2.45, 2.75) is 51.6 Å². The lowest BCUT2D eigenvalue weighted by atomic mass is 9.85. The molecule has 3 aromatic rings. The highest BCUT2D eigenvalue weighted by molar-refractivity contribution is 6.03. The highest BCUT2D eigenvalue weighted by atomic mass is 19.1. The first-order chi connectivity index (χ1) is 15.9. The number of hydrogen-bond acceptors (Lipinski definition) is 5. The minimum atomic E-state index is -0.419. The summed E-state index contributed by atoms with van der Waals surface area (Å²) in [5.74, 6) is -0.564. The zero-order valence-corrected chi connectivity index (χ0v) is 19.1. The number of anilines is 1. The van der Waals surface area contributed by atoms with Gasteiger partial charge < -0.3 is 16.0 Å². The van der Waals surface area contributed by atoms with E-state index in [9.17, 15) is 14.0 Å². The van der Waals surface area contributed by atoms with Crippen LogP contribution in [0.3, 0.4) is 0 Å². The van der Waals surface area contributed by atoms with Crippen LogP contribution in [0.15, 0.2) is 36.9 Å². The molecule has 9 heteroatoms. The normalized spacial score (nSPS) is 18.3. The van der Waals surface area contributed by atoms with Crippen LogP contribution in [0.1, 0.15) is 49.9 Å². The van der Waals surface area contributed by atoms with Gasteiger partial charge in [-0.15, -0.1) is 0 Å². The Kier molecular flexibility index (Phi) is 6.57. The first kappa shape index (κ1) is 22.7. The van der Waals surface area contributed by atoms with Crippen molar-refractivity contribution < 1.29 is 14.0 Å². The van der Waals surface area contributed by atoms with Crippen LogP contribution >= 0.6 is 0 Å². The molecule has 1 fully saturated rings. The van der Waals surface area contributed by atoms with E-state index in [0.29, 0.717) is 27.9 Å². The Morgan fingerprint density at radius 2 is 1.94 bits per heavy atom. The average molecular weight is 453 g/mol. The van der Waals surface area contributed by atoms with Crippen LogP contribution in [-0.2, 0) is 4.79 Å². The van der Waals surface area contributed by atoms with Crippen molar-refractivity contribution in [2.24, 2.45) is 5.92 Å². The monoisotopic (exact) mass is 452 g/mol. The number of carbonyl (C=O) groups excluding carboxylic acids is 2. The van der Waals surface area contributed by atoms with Gasteiger partial charge in [0, 0.05) is 48.6 Å². The van der Waals surface area contributed by atoms with E-state index in [2.05, 4.69) is 26.0 Å². The van der Waals surface area contributed by atoms with Crippen LogP contribution in [0.5, 0.6) is 0 Å². The van der Waals surface area contributed by atoms with E-state index in [-0.39, 0.29) is 29.8 Å². The minimum Gasteiger partial charge on any atom is -0.380 e. The van der Waals surface area contributed by atoms with Gasteiger partial charge in [0.1, 0.15) is 5.82 Å². The Hall–Kier alpha value is -3.49. The molecule has 0 spiro atoms. The Labute approximate surface area is 192 Å². The lowest BCUT2D eigenvalue weighted by Crippen LogP contribution is -2.40. The largest absolute Gasteiger partial charge is 0.380 e. The summed E-state index contributed by atoms with van der Waals surface area (Å²) >= 11 is 0. The van der Waals surface area contributed by atoms with Crippen molar-refractivity contribution in [3.8, 4) is 11.1 Å². The van der Waals surface area contributed by atoms with Crippen molar-refractivity contribution in [2.75, 3.05) is 12.4 Å². The number of carbonyl (C=O) groups is 2. The number of aromatic nitrogens is 3. The third kappa shape index (κ3) is 4.81. The molecule has 0 unspecified atom stereocenters. The van der Waals surface area contributed by atoms with Crippen LogP contribution in [0.4, 0.5) is 10.1 Å². The second-order valence-electron chi connectivity index (χ2n) is 8.78. The Morgan fingerprint density at radius 3 is 2.61 bits per heavy atom. The fourth-order valence-corrected chi connectivity index (χ4v) is 4.39. The van der Waals surface area contributed by atoms with Crippen molar-refractivity contribution in [3.05, 3.63) is 48.3 Å². The summed E-state index contributed by atoms with van der Waals surface area (Å²) in [6.45, 7) is 3.98. The maximum atomic E-state index is 14.3. The molecule has 0 saturated heterocycles. The number of fused-ring (bicyclic) bond motifs is 1. The van der Waals surface area contributed by atoms with Gasteiger partial charge in [-0.2, -0.15) is 5.10 Å². The van der Waals surface area contributed by atoms with Gasteiger partial charge in [-0.25, -0.2) is 8.91 Å². The molecule has 0 aliphatic heterocycles. The maximum absolute atomic E-state index is 14.3. The lowest BCUT2D eigenvalue weighted by molar-refractivity contribution is -0.125. The maximum Gasteiger partial charge on any atom is 0.255 e. The standard InChI is InChI=1S/C24H29FN6O2/c1-14(2)29-22-19(24(33)30-17-6-4-15(5-7-17)23(32)26-3)11-28-31-13-16(10-21(22)31)18-8-9-27-12-20(18)25/h8-15,17,29H,4-7H2,1-3H3,(H,26,32)(H,30,33)/t15-,17-.